The third kappa shape index (κ3) is 3.69. The number of fused-ring (bicyclic) bond motifs is 5. The van der Waals surface area contributed by atoms with E-state index in [4.69, 9.17) is 16.3 Å². The van der Waals surface area contributed by atoms with Crippen molar-refractivity contribution < 1.29 is 23.9 Å². The minimum atomic E-state index is -0.799. The van der Waals surface area contributed by atoms with Gasteiger partial charge in [-0.3, -0.25) is 24.1 Å². The lowest BCUT2D eigenvalue weighted by Gasteiger charge is -2.28. The second-order valence-electron chi connectivity index (χ2n) is 7.94. The van der Waals surface area contributed by atoms with Crippen LogP contribution >= 0.6 is 43.5 Å². The zero-order chi connectivity index (χ0) is 21.7. The van der Waals surface area contributed by atoms with Crippen molar-refractivity contribution in [1.29, 1.82) is 0 Å². The van der Waals surface area contributed by atoms with E-state index >= 15 is 0 Å². The van der Waals surface area contributed by atoms with Crippen molar-refractivity contribution in [3.63, 3.8) is 0 Å². The van der Waals surface area contributed by atoms with Crippen molar-refractivity contribution >= 4 is 72.8 Å². The Bertz CT molecular complexity index is 910. The van der Waals surface area contributed by atoms with Gasteiger partial charge in [-0.15, -0.1) is 0 Å². The maximum atomic E-state index is 12.8. The van der Waals surface area contributed by atoms with Crippen LogP contribution in [0.25, 0.3) is 0 Å². The molecule has 1 aromatic carbocycles. The number of hydrogen-bond acceptors (Lipinski definition) is 5. The number of carbonyl (C=O) groups is 4. The molecule has 1 heterocycles. The zero-order valence-electron chi connectivity index (χ0n) is 15.9. The number of benzene rings is 1. The van der Waals surface area contributed by atoms with Crippen molar-refractivity contribution in [3.8, 4) is 0 Å². The molecule has 1 N–H and O–H groups in total. The van der Waals surface area contributed by atoms with Gasteiger partial charge in [-0.2, -0.15) is 0 Å². The van der Waals surface area contributed by atoms with Crippen molar-refractivity contribution in [2.24, 2.45) is 23.7 Å². The van der Waals surface area contributed by atoms with Crippen LogP contribution in [-0.2, 0) is 23.9 Å². The molecule has 0 radical (unpaired) electrons. The SMILES string of the molecule is Cc1ccc(NC(=O)COC(=O)CN2C(=O)[C@@H]3[C@H]4C[C@@H]([C@H](Br)[C@H]4Br)[C@@H]3C2=O)cc1Cl. The number of likely N-dealkylation sites (tertiary alicyclic amines) is 1. The molecular formula is C20H19Br2ClN2O5. The molecule has 3 aliphatic rings. The number of nitrogens with one attached hydrogen (secondary N) is 1. The summed E-state index contributed by atoms with van der Waals surface area (Å²) < 4.78 is 4.97. The van der Waals surface area contributed by atoms with Crippen LogP contribution in [0.5, 0.6) is 0 Å². The first kappa shape index (κ1) is 21.8. The van der Waals surface area contributed by atoms with Crippen LogP contribution in [0.1, 0.15) is 12.0 Å². The van der Waals surface area contributed by atoms with Crippen LogP contribution < -0.4 is 5.32 Å². The van der Waals surface area contributed by atoms with Crippen molar-refractivity contribution in [2.45, 2.75) is 23.0 Å². The van der Waals surface area contributed by atoms with Gasteiger partial charge in [0.05, 0.1) is 11.8 Å². The predicted octanol–water partition coefficient (Wildman–Crippen LogP) is 2.91. The highest BCUT2D eigenvalue weighted by Gasteiger charge is 2.66. The second kappa shape index (κ2) is 8.24. The monoisotopic (exact) mass is 560 g/mol. The fraction of sp³-hybridized carbons (Fsp3) is 0.500. The first-order chi connectivity index (χ1) is 14.2. The second-order valence-corrected chi connectivity index (χ2v) is 10.5. The number of hydrogen-bond donors (Lipinski definition) is 1. The number of aryl methyl sites for hydroxylation is 1. The first-order valence-electron chi connectivity index (χ1n) is 9.54. The Balaban J connectivity index is 1.31. The number of halogens is 3. The van der Waals surface area contributed by atoms with Gasteiger partial charge in [0.15, 0.2) is 6.61 Å². The fourth-order valence-corrected chi connectivity index (χ4v) is 6.81. The molecule has 3 fully saturated rings. The normalized spacial score (nSPS) is 31.8. The summed E-state index contributed by atoms with van der Waals surface area (Å²) in [4.78, 5) is 51.0. The number of nitrogens with zero attached hydrogens (tertiary/aromatic N) is 1. The summed E-state index contributed by atoms with van der Waals surface area (Å²) in [6.07, 6.45) is 0.820. The quantitative estimate of drug-likeness (QED) is 0.339. The van der Waals surface area contributed by atoms with Gasteiger partial charge in [-0.25, -0.2) is 0 Å². The molecule has 0 aromatic heterocycles. The van der Waals surface area contributed by atoms with Gasteiger partial charge in [0.2, 0.25) is 11.8 Å². The van der Waals surface area contributed by atoms with Crippen LogP contribution in [0.4, 0.5) is 5.69 Å². The highest BCUT2D eigenvalue weighted by atomic mass is 79.9. The minimum Gasteiger partial charge on any atom is -0.454 e. The number of imide groups is 1. The lowest BCUT2D eigenvalue weighted by molar-refractivity contribution is -0.154. The maximum absolute atomic E-state index is 12.8. The summed E-state index contributed by atoms with van der Waals surface area (Å²) >= 11 is 13.3. The molecule has 2 aliphatic carbocycles. The molecule has 0 spiro atoms. The molecule has 160 valence electrons. The number of esters is 1. The van der Waals surface area contributed by atoms with E-state index in [0.29, 0.717) is 10.7 Å². The van der Waals surface area contributed by atoms with Gasteiger partial charge in [0.1, 0.15) is 6.54 Å². The van der Waals surface area contributed by atoms with E-state index in [1.807, 2.05) is 6.92 Å². The van der Waals surface area contributed by atoms with E-state index < -0.39 is 25.0 Å². The molecule has 3 amide bonds. The first-order valence-corrected chi connectivity index (χ1v) is 11.7. The molecule has 2 bridgehead atoms. The lowest BCUT2D eigenvalue weighted by atomic mass is 9.81. The molecule has 1 aliphatic heterocycles. The Hall–Kier alpha value is -1.45. The Morgan fingerprint density at radius 2 is 1.77 bits per heavy atom. The molecule has 2 saturated carbocycles. The van der Waals surface area contributed by atoms with Gasteiger partial charge < -0.3 is 10.1 Å². The highest BCUT2D eigenvalue weighted by Crippen LogP contribution is 2.60. The number of rotatable bonds is 5. The largest absolute Gasteiger partial charge is 0.454 e. The molecule has 0 unspecified atom stereocenters. The summed E-state index contributed by atoms with van der Waals surface area (Å²) in [5, 5.41) is 3.09. The summed E-state index contributed by atoms with van der Waals surface area (Å²) in [6.45, 7) is 0.839. The number of ether oxygens (including phenoxy) is 1. The van der Waals surface area contributed by atoms with Crippen LogP contribution in [0, 0.1) is 30.6 Å². The van der Waals surface area contributed by atoms with Crippen molar-refractivity contribution in [1.82, 2.24) is 4.90 Å². The fourth-order valence-electron chi connectivity index (χ4n) is 4.75. The average Bonchev–Trinajstić information content (AvgIpc) is 3.30. The topological polar surface area (TPSA) is 92.8 Å². The summed E-state index contributed by atoms with van der Waals surface area (Å²) in [5.74, 6) is -2.60. The molecular weight excluding hydrogens is 543 g/mol. The van der Waals surface area contributed by atoms with Crippen LogP contribution in [0.15, 0.2) is 18.2 Å². The van der Waals surface area contributed by atoms with E-state index in [2.05, 4.69) is 37.2 Å². The smallest absolute Gasteiger partial charge is 0.326 e. The number of alkyl halides is 2. The number of amides is 3. The summed E-state index contributed by atoms with van der Waals surface area (Å²) in [6, 6.07) is 5.04. The van der Waals surface area contributed by atoms with Gasteiger partial charge >= 0.3 is 5.97 Å². The third-order valence-corrected chi connectivity index (χ3v) is 9.80. The molecule has 1 aromatic rings. The minimum absolute atomic E-state index is 0.0777. The van der Waals surface area contributed by atoms with E-state index in [-0.39, 0.29) is 45.1 Å². The van der Waals surface area contributed by atoms with Crippen molar-refractivity contribution in [2.75, 3.05) is 18.5 Å². The number of anilines is 1. The van der Waals surface area contributed by atoms with E-state index in [1.165, 1.54) is 0 Å². The Kier molecular flexibility index (Phi) is 5.98. The maximum Gasteiger partial charge on any atom is 0.326 e. The van der Waals surface area contributed by atoms with Crippen LogP contribution in [-0.4, -0.2) is 51.4 Å². The zero-order valence-corrected chi connectivity index (χ0v) is 19.9. The molecule has 4 rings (SSSR count). The summed E-state index contributed by atoms with van der Waals surface area (Å²) in [5.41, 5.74) is 1.35. The van der Waals surface area contributed by atoms with Crippen LogP contribution in [0.3, 0.4) is 0 Å². The van der Waals surface area contributed by atoms with Gasteiger partial charge in [-0.05, 0) is 42.9 Å². The lowest BCUT2D eigenvalue weighted by Crippen LogP contribution is -2.38. The van der Waals surface area contributed by atoms with Crippen molar-refractivity contribution in [3.05, 3.63) is 28.8 Å². The highest BCUT2D eigenvalue weighted by molar-refractivity contribution is 9.12. The third-order valence-electron chi connectivity index (χ3n) is 6.19. The summed E-state index contributed by atoms with van der Waals surface area (Å²) in [7, 11) is 0. The Morgan fingerprint density at radius 3 is 2.33 bits per heavy atom. The van der Waals surface area contributed by atoms with Gasteiger partial charge in [0, 0.05) is 20.4 Å². The Morgan fingerprint density at radius 1 is 1.17 bits per heavy atom. The molecule has 1 saturated heterocycles. The Labute approximate surface area is 195 Å². The average molecular weight is 563 g/mol. The van der Waals surface area contributed by atoms with E-state index in [1.54, 1.807) is 18.2 Å². The molecule has 10 heteroatoms. The standard InChI is InChI=1S/C20H19Br2ClN2O5/c1-8-2-3-9(4-12(8)23)24-13(26)7-30-14(27)6-25-19(28)15-10-5-11(16(15)20(25)29)18(22)17(10)21/h2-4,10-11,15-18H,5-7H2,1H3,(H,24,26)/t10-,11-,15-,16+,17+,18+/m1/s1. The number of carbonyl (C=O) groups excluding carboxylic acids is 4. The predicted molar refractivity (Wildman–Crippen MR) is 117 cm³/mol. The van der Waals surface area contributed by atoms with Crippen LogP contribution in [0.2, 0.25) is 5.02 Å². The molecule has 6 atom stereocenters. The van der Waals surface area contributed by atoms with Gasteiger partial charge in [0.25, 0.3) is 5.91 Å². The van der Waals surface area contributed by atoms with Gasteiger partial charge in [-0.1, -0.05) is 49.5 Å². The molecule has 30 heavy (non-hydrogen) atoms. The molecule has 7 nitrogen and oxygen atoms in total. The van der Waals surface area contributed by atoms with E-state index in [0.717, 1.165) is 16.9 Å². The van der Waals surface area contributed by atoms with E-state index in [9.17, 15) is 19.2 Å².